The molecule has 116 valence electrons. The number of hydrogen-bond donors (Lipinski definition) is 2. The first kappa shape index (κ1) is 13.7. The number of aliphatic imine (C=N–C) groups is 1. The highest BCUT2D eigenvalue weighted by Crippen LogP contribution is 2.34. The van der Waals surface area contributed by atoms with Crippen molar-refractivity contribution in [3.8, 4) is 5.75 Å². The molecule has 0 radical (unpaired) electrons. The largest absolute Gasteiger partial charge is 0.489 e. The van der Waals surface area contributed by atoms with Gasteiger partial charge in [-0.05, 0) is 37.1 Å². The normalized spacial score (nSPS) is 12.8. The summed E-state index contributed by atoms with van der Waals surface area (Å²) in [6.45, 7) is 4.71. The number of ether oxygens (including phenoxy) is 1. The minimum absolute atomic E-state index is 0.0789. The SMILES string of the molecule is CC(C)Oc1cc2c(cc1Nc1ncnc3[nH]ncc13)C=NC2. The van der Waals surface area contributed by atoms with Gasteiger partial charge in [-0.15, -0.1) is 0 Å². The van der Waals surface area contributed by atoms with Crippen LogP contribution in [0.2, 0.25) is 0 Å². The second-order valence-corrected chi connectivity index (χ2v) is 5.66. The van der Waals surface area contributed by atoms with Gasteiger partial charge in [0.05, 0.1) is 29.9 Å². The number of aromatic nitrogens is 4. The van der Waals surface area contributed by atoms with Crippen molar-refractivity contribution in [2.24, 2.45) is 4.99 Å². The summed E-state index contributed by atoms with van der Waals surface area (Å²) in [4.78, 5) is 12.8. The van der Waals surface area contributed by atoms with E-state index < -0.39 is 0 Å². The molecular weight excluding hydrogens is 292 g/mol. The van der Waals surface area contributed by atoms with Crippen LogP contribution in [0.4, 0.5) is 11.5 Å². The Bertz CT molecular complexity index is 899. The van der Waals surface area contributed by atoms with Crippen molar-refractivity contribution < 1.29 is 4.74 Å². The smallest absolute Gasteiger partial charge is 0.160 e. The van der Waals surface area contributed by atoms with Gasteiger partial charge in [0.1, 0.15) is 17.9 Å². The standard InChI is InChI=1S/C16H16N6O/c1-9(2)23-14-4-11-6-17-5-10(11)3-13(14)21-15-12-7-20-22-16(12)19-8-18-15/h3-5,7-9H,6H2,1-2H3,(H2,18,19,20,21,22). The summed E-state index contributed by atoms with van der Waals surface area (Å²) in [5.41, 5.74) is 3.81. The molecule has 3 heterocycles. The van der Waals surface area contributed by atoms with Crippen LogP contribution in [0.1, 0.15) is 25.0 Å². The average molecular weight is 308 g/mol. The third-order valence-electron chi connectivity index (χ3n) is 3.60. The van der Waals surface area contributed by atoms with Gasteiger partial charge in [0.15, 0.2) is 5.65 Å². The lowest BCUT2D eigenvalue weighted by atomic mass is 10.1. The molecule has 0 bridgehead atoms. The molecule has 0 aliphatic carbocycles. The second kappa shape index (κ2) is 5.35. The van der Waals surface area contributed by atoms with E-state index >= 15 is 0 Å². The van der Waals surface area contributed by atoms with E-state index in [1.54, 1.807) is 6.20 Å². The Labute approximate surface area is 132 Å². The van der Waals surface area contributed by atoms with Gasteiger partial charge >= 0.3 is 0 Å². The van der Waals surface area contributed by atoms with Gasteiger partial charge in [0.25, 0.3) is 0 Å². The molecule has 3 aromatic rings. The maximum atomic E-state index is 5.95. The number of hydrogen-bond acceptors (Lipinski definition) is 6. The maximum Gasteiger partial charge on any atom is 0.160 e. The van der Waals surface area contributed by atoms with E-state index in [9.17, 15) is 0 Å². The molecule has 4 rings (SSSR count). The molecule has 7 heteroatoms. The summed E-state index contributed by atoms with van der Waals surface area (Å²) in [5, 5.41) is 11.0. The van der Waals surface area contributed by atoms with Gasteiger partial charge in [0.2, 0.25) is 0 Å². The van der Waals surface area contributed by atoms with Gasteiger partial charge in [-0.1, -0.05) is 0 Å². The fourth-order valence-electron chi connectivity index (χ4n) is 2.58. The van der Waals surface area contributed by atoms with Crippen LogP contribution in [0.5, 0.6) is 5.75 Å². The summed E-state index contributed by atoms with van der Waals surface area (Å²) >= 11 is 0. The molecule has 0 spiro atoms. The summed E-state index contributed by atoms with van der Waals surface area (Å²) in [5.74, 6) is 1.48. The lowest BCUT2D eigenvalue weighted by Crippen LogP contribution is -2.08. The summed E-state index contributed by atoms with van der Waals surface area (Å²) < 4.78 is 5.95. The van der Waals surface area contributed by atoms with Crippen LogP contribution in [-0.2, 0) is 6.54 Å². The zero-order valence-electron chi connectivity index (χ0n) is 12.9. The molecule has 23 heavy (non-hydrogen) atoms. The van der Waals surface area contributed by atoms with E-state index in [0.29, 0.717) is 18.0 Å². The summed E-state index contributed by atoms with van der Waals surface area (Å²) in [6, 6.07) is 4.08. The highest BCUT2D eigenvalue weighted by Gasteiger charge is 2.15. The number of aromatic amines is 1. The molecule has 1 aliphatic heterocycles. The number of benzene rings is 1. The van der Waals surface area contributed by atoms with Gasteiger partial charge in [-0.3, -0.25) is 10.1 Å². The number of rotatable bonds is 4. The molecule has 1 aliphatic rings. The van der Waals surface area contributed by atoms with Crippen molar-refractivity contribution in [1.29, 1.82) is 0 Å². The molecule has 0 fully saturated rings. The van der Waals surface area contributed by atoms with Crippen LogP contribution < -0.4 is 10.1 Å². The maximum absolute atomic E-state index is 5.95. The highest BCUT2D eigenvalue weighted by molar-refractivity contribution is 5.91. The van der Waals surface area contributed by atoms with Gasteiger partial charge in [-0.25, -0.2) is 9.97 Å². The Hall–Kier alpha value is -2.96. The number of nitrogens with one attached hydrogen (secondary N) is 2. The highest BCUT2D eigenvalue weighted by atomic mass is 16.5. The van der Waals surface area contributed by atoms with Crippen LogP contribution in [0.25, 0.3) is 11.0 Å². The Morgan fingerprint density at radius 1 is 1.26 bits per heavy atom. The van der Waals surface area contributed by atoms with Crippen LogP contribution in [0.15, 0.2) is 29.6 Å². The Balaban J connectivity index is 1.78. The monoisotopic (exact) mass is 308 g/mol. The topological polar surface area (TPSA) is 88.1 Å². The predicted octanol–water partition coefficient (Wildman–Crippen LogP) is 2.82. The molecular formula is C16H16N6O. The van der Waals surface area contributed by atoms with Crippen LogP contribution in [0, 0.1) is 0 Å². The number of anilines is 2. The second-order valence-electron chi connectivity index (χ2n) is 5.66. The molecule has 2 N–H and O–H groups in total. The summed E-state index contributed by atoms with van der Waals surface area (Å²) in [6.07, 6.45) is 5.17. The Kier molecular flexibility index (Phi) is 3.18. The van der Waals surface area contributed by atoms with Crippen LogP contribution >= 0.6 is 0 Å². The molecule has 0 unspecified atom stereocenters. The molecule has 0 saturated carbocycles. The van der Waals surface area contributed by atoms with E-state index in [-0.39, 0.29) is 6.10 Å². The lowest BCUT2D eigenvalue weighted by molar-refractivity contribution is 0.243. The molecule has 0 amide bonds. The number of fused-ring (bicyclic) bond motifs is 2. The van der Waals surface area contributed by atoms with E-state index in [0.717, 1.165) is 22.4 Å². The Morgan fingerprint density at radius 2 is 2.17 bits per heavy atom. The number of nitrogens with zero attached hydrogens (tertiary/aromatic N) is 4. The van der Waals surface area contributed by atoms with E-state index in [4.69, 9.17) is 4.74 Å². The minimum atomic E-state index is 0.0789. The first-order chi connectivity index (χ1) is 11.2. The third kappa shape index (κ3) is 2.50. The van der Waals surface area contributed by atoms with Crippen molar-refractivity contribution >= 4 is 28.8 Å². The van der Waals surface area contributed by atoms with Crippen molar-refractivity contribution in [3.05, 3.63) is 35.8 Å². The van der Waals surface area contributed by atoms with Gasteiger partial charge in [0, 0.05) is 6.21 Å². The number of H-pyrrole nitrogens is 1. The fraction of sp³-hybridized carbons (Fsp3) is 0.250. The Morgan fingerprint density at radius 3 is 3.04 bits per heavy atom. The predicted molar refractivity (Wildman–Crippen MR) is 88.5 cm³/mol. The first-order valence-corrected chi connectivity index (χ1v) is 7.45. The van der Waals surface area contributed by atoms with E-state index in [1.807, 2.05) is 32.2 Å². The van der Waals surface area contributed by atoms with Crippen molar-refractivity contribution in [2.75, 3.05) is 5.32 Å². The van der Waals surface area contributed by atoms with Crippen molar-refractivity contribution in [2.45, 2.75) is 26.5 Å². The molecule has 2 aromatic heterocycles. The minimum Gasteiger partial charge on any atom is -0.489 e. The lowest BCUT2D eigenvalue weighted by Gasteiger charge is -2.17. The zero-order valence-corrected chi connectivity index (χ0v) is 12.9. The van der Waals surface area contributed by atoms with E-state index in [1.165, 1.54) is 11.9 Å². The van der Waals surface area contributed by atoms with Gasteiger partial charge < -0.3 is 10.1 Å². The van der Waals surface area contributed by atoms with Crippen molar-refractivity contribution in [1.82, 2.24) is 20.2 Å². The molecule has 0 atom stereocenters. The van der Waals surface area contributed by atoms with E-state index in [2.05, 4.69) is 30.5 Å². The van der Waals surface area contributed by atoms with Crippen LogP contribution in [-0.4, -0.2) is 32.5 Å². The van der Waals surface area contributed by atoms with Crippen LogP contribution in [0.3, 0.4) is 0 Å². The third-order valence-corrected chi connectivity index (χ3v) is 3.60. The first-order valence-electron chi connectivity index (χ1n) is 7.45. The molecule has 7 nitrogen and oxygen atoms in total. The summed E-state index contributed by atoms with van der Waals surface area (Å²) in [7, 11) is 0. The fourth-order valence-corrected chi connectivity index (χ4v) is 2.58. The average Bonchev–Trinajstić information content (AvgIpc) is 3.15. The van der Waals surface area contributed by atoms with Gasteiger partial charge in [-0.2, -0.15) is 5.10 Å². The molecule has 0 saturated heterocycles. The zero-order chi connectivity index (χ0) is 15.8. The van der Waals surface area contributed by atoms with Crippen molar-refractivity contribution in [3.63, 3.8) is 0 Å². The quantitative estimate of drug-likeness (QED) is 0.773. The molecule has 1 aromatic carbocycles.